The maximum atomic E-state index is 13.1. The molecule has 2 aromatic carbocycles. The third-order valence-electron chi connectivity index (χ3n) is 5.65. The minimum Gasteiger partial charge on any atom is -0.461 e. The third kappa shape index (κ3) is 4.01. The second kappa shape index (κ2) is 7.87. The van der Waals surface area contributed by atoms with Gasteiger partial charge in [0.25, 0.3) is 5.91 Å². The summed E-state index contributed by atoms with van der Waals surface area (Å²) < 4.78 is 6.02. The Hall–Kier alpha value is -3.67. The van der Waals surface area contributed by atoms with Crippen molar-refractivity contribution in [2.45, 2.75) is 38.7 Å². The van der Waals surface area contributed by atoms with Crippen molar-refractivity contribution in [2.24, 2.45) is 5.73 Å². The average Bonchev–Trinajstić information content (AvgIpc) is 3.12. The Morgan fingerprint density at radius 1 is 1.06 bits per heavy atom. The van der Waals surface area contributed by atoms with Gasteiger partial charge in [-0.25, -0.2) is 4.98 Å². The van der Waals surface area contributed by atoms with Crippen LogP contribution in [0.2, 0.25) is 0 Å². The van der Waals surface area contributed by atoms with Gasteiger partial charge in [-0.1, -0.05) is 38.1 Å². The molecule has 6 heteroatoms. The summed E-state index contributed by atoms with van der Waals surface area (Å²) in [6.45, 7) is 6.03. The Morgan fingerprint density at radius 2 is 1.74 bits per heavy atom. The molecule has 1 atom stereocenters. The molecule has 6 nitrogen and oxygen atoms in total. The van der Waals surface area contributed by atoms with Gasteiger partial charge in [0.05, 0.1) is 0 Å². The number of pyridine rings is 1. The van der Waals surface area contributed by atoms with Crippen molar-refractivity contribution in [3.63, 3.8) is 0 Å². The highest BCUT2D eigenvalue weighted by Gasteiger charge is 2.43. The van der Waals surface area contributed by atoms with Crippen molar-refractivity contribution in [1.82, 2.24) is 4.98 Å². The lowest BCUT2D eigenvalue weighted by Gasteiger charge is -2.22. The number of carbonyl (C=O) groups excluding carboxylic acids is 2. The number of hydrogen-bond acceptors (Lipinski definition) is 4. The zero-order valence-corrected chi connectivity index (χ0v) is 17.8. The van der Waals surface area contributed by atoms with Crippen molar-refractivity contribution >= 4 is 17.5 Å². The summed E-state index contributed by atoms with van der Waals surface area (Å²) in [5.74, 6) is 0.180. The highest BCUT2D eigenvalue weighted by atomic mass is 16.5. The molecule has 0 bridgehead atoms. The molecule has 1 aliphatic heterocycles. The third-order valence-corrected chi connectivity index (χ3v) is 5.65. The summed E-state index contributed by atoms with van der Waals surface area (Å²) in [4.78, 5) is 28.8. The Bertz CT molecular complexity index is 1140. The number of fused-ring (bicyclic) bond motifs is 1. The van der Waals surface area contributed by atoms with E-state index in [0.717, 1.165) is 22.4 Å². The van der Waals surface area contributed by atoms with E-state index < -0.39 is 11.5 Å². The molecule has 0 radical (unpaired) electrons. The molecule has 3 aromatic rings. The topological polar surface area (TPSA) is 94.3 Å². The minimum atomic E-state index is -1.07. The molecule has 3 N–H and O–H groups in total. The van der Waals surface area contributed by atoms with Crippen LogP contribution in [0, 0.1) is 0 Å². The van der Waals surface area contributed by atoms with E-state index in [2.05, 4.69) is 24.1 Å². The highest BCUT2D eigenvalue weighted by molar-refractivity contribution is 5.98. The number of hydrogen-bond donors (Lipinski definition) is 2. The van der Waals surface area contributed by atoms with E-state index >= 15 is 0 Å². The Balaban J connectivity index is 1.56. The van der Waals surface area contributed by atoms with Crippen LogP contribution in [0.25, 0.3) is 11.1 Å². The molecule has 2 amide bonds. The first kappa shape index (κ1) is 20.6. The van der Waals surface area contributed by atoms with E-state index in [1.165, 1.54) is 5.56 Å². The number of anilines is 1. The number of amides is 2. The van der Waals surface area contributed by atoms with E-state index in [9.17, 15) is 9.59 Å². The number of benzene rings is 2. The molecule has 0 aliphatic carbocycles. The summed E-state index contributed by atoms with van der Waals surface area (Å²) in [7, 11) is 0. The Kier molecular flexibility index (Phi) is 5.23. The number of aromatic nitrogens is 1. The van der Waals surface area contributed by atoms with E-state index in [1.54, 1.807) is 25.3 Å². The van der Waals surface area contributed by atoms with Crippen molar-refractivity contribution in [2.75, 3.05) is 5.32 Å². The second-order valence-electron chi connectivity index (χ2n) is 8.32. The van der Waals surface area contributed by atoms with Gasteiger partial charge < -0.3 is 15.8 Å². The van der Waals surface area contributed by atoms with Gasteiger partial charge in [-0.05, 0) is 59.9 Å². The maximum Gasteiger partial charge on any atom is 0.268 e. The van der Waals surface area contributed by atoms with Crippen molar-refractivity contribution in [1.29, 1.82) is 0 Å². The first-order valence-electron chi connectivity index (χ1n) is 10.3. The average molecular weight is 415 g/mol. The van der Waals surface area contributed by atoms with Crippen molar-refractivity contribution in [3.05, 3.63) is 77.5 Å². The summed E-state index contributed by atoms with van der Waals surface area (Å²) in [5.41, 5.74) is 9.33. The summed E-state index contributed by atoms with van der Waals surface area (Å²) in [6.07, 6.45) is 2.05. The van der Waals surface area contributed by atoms with Crippen molar-refractivity contribution < 1.29 is 14.3 Å². The molecule has 0 saturated heterocycles. The molecule has 0 spiro atoms. The maximum absolute atomic E-state index is 13.1. The van der Waals surface area contributed by atoms with Crippen molar-refractivity contribution in [3.8, 4) is 17.0 Å². The molecule has 1 aromatic heterocycles. The minimum absolute atomic E-state index is 0.224. The molecule has 4 rings (SSSR count). The number of primary amides is 1. The van der Waals surface area contributed by atoms with Crippen LogP contribution < -0.4 is 15.8 Å². The van der Waals surface area contributed by atoms with Gasteiger partial charge >= 0.3 is 0 Å². The van der Waals surface area contributed by atoms with Gasteiger partial charge in [0, 0.05) is 29.4 Å². The van der Waals surface area contributed by atoms with Crippen LogP contribution in [-0.4, -0.2) is 22.4 Å². The van der Waals surface area contributed by atoms with Crippen LogP contribution >= 0.6 is 0 Å². The van der Waals surface area contributed by atoms with Gasteiger partial charge in [0.15, 0.2) is 5.60 Å². The van der Waals surface area contributed by atoms with E-state index in [0.29, 0.717) is 23.8 Å². The molecule has 1 aliphatic rings. The predicted octanol–water partition coefficient (Wildman–Crippen LogP) is 4.30. The van der Waals surface area contributed by atoms with Crippen LogP contribution in [0.15, 0.2) is 60.8 Å². The number of carbonyl (C=O) groups is 2. The molecule has 2 heterocycles. The quantitative estimate of drug-likeness (QED) is 0.649. The monoisotopic (exact) mass is 415 g/mol. The lowest BCUT2D eigenvalue weighted by molar-refractivity contribution is -0.128. The second-order valence-corrected chi connectivity index (χ2v) is 8.32. The van der Waals surface area contributed by atoms with Crippen LogP contribution in [0.3, 0.4) is 0 Å². The number of ether oxygens (including phenoxy) is 1. The summed E-state index contributed by atoms with van der Waals surface area (Å²) in [5, 5.41) is 2.96. The first-order valence-corrected chi connectivity index (χ1v) is 10.3. The molecule has 31 heavy (non-hydrogen) atoms. The van der Waals surface area contributed by atoms with Crippen LogP contribution in [0.4, 0.5) is 5.69 Å². The molecular formula is C25H25N3O3. The fraction of sp³-hybridized carbons (Fsp3) is 0.240. The van der Waals surface area contributed by atoms with Gasteiger partial charge in [-0.2, -0.15) is 0 Å². The Labute approximate surface area is 181 Å². The lowest BCUT2D eigenvalue weighted by Crippen LogP contribution is -2.44. The first-order chi connectivity index (χ1) is 14.8. The SMILES string of the molecule is CC(C)c1ccc(NC(=O)C2(C)Cc3c(-c4ccc(C(N)=O)cc4)ccnc3O2)cc1. The summed E-state index contributed by atoms with van der Waals surface area (Å²) in [6, 6.07) is 16.8. The lowest BCUT2D eigenvalue weighted by atomic mass is 9.92. The standard InChI is InChI=1S/C25H25N3O3/c1-15(2)16-8-10-19(11-9-16)28-24(30)25(3)14-21-20(12-13-27-23(21)31-25)17-4-6-18(7-5-17)22(26)29/h4-13,15H,14H2,1-3H3,(H2,26,29)(H,28,30). The molecule has 1 unspecified atom stereocenters. The largest absolute Gasteiger partial charge is 0.461 e. The van der Waals surface area contributed by atoms with Gasteiger partial charge in [0.2, 0.25) is 11.8 Å². The van der Waals surface area contributed by atoms with Gasteiger partial charge in [-0.15, -0.1) is 0 Å². The zero-order valence-electron chi connectivity index (χ0n) is 17.8. The molecular weight excluding hydrogens is 390 g/mol. The Morgan fingerprint density at radius 3 is 2.35 bits per heavy atom. The normalized spacial score (nSPS) is 17.2. The molecule has 0 fully saturated rings. The van der Waals surface area contributed by atoms with Gasteiger partial charge in [0.1, 0.15) is 0 Å². The predicted molar refractivity (Wildman–Crippen MR) is 120 cm³/mol. The number of nitrogens with one attached hydrogen (secondary N) is 1. The zero-order chi connectivity index (χ0) is 22.2. The number of nitrogens with two attached hydrogens (primary N) is 1. The van der Waals surface area contributed by atoms with E-state index in [1.807, 2.05) is 42.5 Å². The van der Waals surface area contributed by atoms with E-state index in [-0.39, 0.29) is 5.91 Å². The summed E-state index contributed by atoms with van der Waals surface area (Å²) >= 11 is 0. The van der Waals surface area contributed by atoms with Crippen LogP contribution in [0.5, 0.6) is 5.88 Å². The molecule has 158 valence electrons. The van der Waals surface area contributed by atoms with Crippen LogP contribution in [0.1, 0.15) is 48.2 Å². The number of nitrogens with zero attached hydrogens (tertiary/aromatic N) is 1. The molecule has 0 saturated carbocycles. The van der Waals surface area contributed by atoms with Gasteiger partial charge in [-0.3, -0.25) is 9.59 Å². The number of rotatable bonds is 5. The van der Waals surface area contributed by atoms with E-state index in [4.69, 9.17) is 10.5 Å². The fourth-order valence-corrected chi connectivity index (χ4v) is 3.74. The fourth-order valence-electron chi connectivity index (χ4n) is 3.74. The van der Waals surface area contributed by atoms with Crippen LogP contribution in [-0.2, 0) is 11.2 Å². The smallest absolute Gasteiger partial charge is 0.268 e. The highest BCUT2D eigenvalue weighted by Crippen LogP contribution is 2.40.